The minimum atomic E-state index is -3.75. The Kier molecular flexibility index (Phi) is 7.18. The number of nitrogens with one attached hydrogen (secondary N) is 1. The maximum atomic E-state index is 12.7. The van der Waals surface area contributed by atoms with Crippen molar-refractivity contribution in [1.29, 1.82) is 0 Å². The Morgan fingerprint density at radius 2 is 1.94 bits per heavy atom. The first-order valence-corrected chi connectivity index (χ1v) is 12.8. The second kappa shape index (κ2) is 9.74. The number of aryl methyl sites for hydroxylation is 1. The van der Waals surface area contributed by atoms with Gasteiger partial charge in [-0.3, -0.25) is 4.68 Å². The van der Waals surface area contributed by atoms with Crippen molar-refractivity contribution in [2.24, 2.45) is 0 Å². The van der Waals surface area contributed by atoms with Crippen LogP contribution in [-0.4, -0.2) is 58.5 Å². The van der Waals surface area contributed by atoms with Crippen LogP contribution >= 0.6 is 11.6 Å². The van der Waals surface area contributed by atoms with E-state index < -0.39 is 27.8 Å². The number of rotatable bonds is 8. The predicted molar refractivity (Wildman–Crippen MR) is 118 cm³/mol. The molecule has 2 aliphatic rings. The number of aliphatic hydroxyl groups is 2. The molecule has 1 saturated carbocycles. The van der Waals surface area contributed by atoms with Crippen LogP contribution in [0.4, 0.5) is 0 Å². The summed E-state index contributed by atoms with van der Waals surface area (Å²) < 4.78 is 35.7. The van der Waals surface area contributed by atoms with E-state index in [0.29, 0.717) is 49.4 Å². The SMILES string of the molecule is O=S(=O)(N[C@H]1CC[C@@H](CCn2cc(C3(O)CCCC3)nn2)O[C@@H]1CO)c1ccc(Cl)cc1. The summed E-state index contributed by atoms with van der Waals surface area (Å²) in [6.07, 6.45) is 6.27. The molecule has 0 unspecified atom stereocenters. The van der Waals surface area contributed by atoms with E-state index in [9.17, 15) is 18.6 Å². The number of hydrogen-bond donors (Lipinski definition) is 3. The van der Waals surface area contributed by atoms with Crippen molar-refractivity contribution >= 4 is 21.6 Å². The molecule has 4 rings (SSSR count). The minimum Gasteiger partial charge on any atom is -0.394 e. The average molecular weight is 485 g/mol. The maximum Gasteiger partial charge on any atom is 0.240 e. The number of aliphatic hydroxyl groups excluding tert-OH is 1. The summed E-state index contributed by atoms with van der Waals surface area (Å²) in [5, 5.41) is 29.2. The Labute approximate surface area is 192 Å². The Morgan fingerprint density at radius 3 is 2.62 bits per heavy atom. The quantitative estimate of drug-likeness (QED) is 0.522. The lowest BCUT2D eigenvalue weighted by Crippen LogP contribution is -2.50. The van der Waals surface area contributed by atoms with Gasteiger partial charge < -0.3 is 14.9 Å². The van der Waals surface area contributed by atoms with Crippen LogP contribution in [-0.2, 0) is 26.9 Å². The van der Waals surface area contributed by atoms with Gasteiger partial charge in [-0.15, -0.1) is 5.10 Å². The maximum absolute atomic E-state index is 12.7. The summed E-state index contributed by atoms with van der Waals surface area (Å²) in [6, 6.07) is 5.41. The van der Waals surface area contributed by atoms with Crippen molar-refractivity contribution in [3.63, 3.8) is 0 Å². The van der Waals surface area contributed by atoms with Gasteiger partial charge in [0.15, 0.2) is 0 Å². The van der Waals surface area contributed by atoms with Crippen molar-refractivity contribution in [2.45, 2.75) is 80.2 Å². The summed E-state index contributed by atoms with van der Waals surface area (Å²) in [6.45, 7) is 0.276. The van der Waals surface area contributed by atoms with Gasteiger partial charge in [0.2, 0.25) is 10.0 Å². The summed E-state index contributed by atoms with van der Waals surface area (Å²) in [4.78, 5) is 0.117. The van der Waals surface area contributed by atoms with Crippen LogP contribution in [0.1, 0.15) is 50.6 Å². The molecule has 176 valence electrons. The lowest BCUT2D eigenvalue weighted by molar-refractivity contribution is -0.0891. The molecule has 32 heavy (non-hydrogen) atoms. The number of nitrogens with zero attached hydrogens (tertiary/aromatic N) is 3. The van der Waals surface area contributed by atoms with Crippen molar-refractivity contribution < 1.29 is 23.4 Å². The molecule has 0 spiro atoms. The number of ether oxygens (including phenoxy) is 1. The van der Waals surface area contributed by atoms with E-state index in [1.807, 2.05) is 0 Å². The molecule has 3 N–H and O–H groups in total. The fraction of sp³-hybridized carbons (Fsp3) is 0.619. The third kappa shape index (κ3) is 5.32. The van der Waals surface area contributed by atoms with Gasteiger partial charge in [-0.1, -0.05) is 29.7 Å². The summed E-state index contributed by atoms with van der Waals surface area (Å²) in [5.74, 6) is 0. The largest absolute Gasteiger partial charge is 0.394 e. The second-order valence-corrected chi connectivity index (χ2v) is 10.8. The van der Waals surface area contributed by atoms with Gasteiger partial charge in [-0.2, -0.15) is 0 Å². The van der Waals surface area contributed by atoms with E-state index in [2.05, 4.69) is 15.0 Å². The van der Waals surface area contributed by atoms with Crippen molar-refractivity contribution in [1.82, 2.24) is 19.7 Å². The zero-order chi connectivity index (χ0) is 22.8. The summed E-state index contributed by atoms with van der Waals surface area (Å²) >= 11 is 5.84. The highest BCUT2D eigenvalue weighted by Gasteiger charge is 2.36. The standard InChI is InChI=1S/C21H29ClN4O5S/c22-15-3-6-17(7-4-15)32(29,30)24-18-8-5-16(31-19(18)14-27)9-12-26-13-20(23-25-26)21(28)10-1-2-11-21/h3-4,6-7,13,16,18-19,24,27-28H,1-2,5,8-12,14H2/t16-,18-,19+/m0/s1. The molecule has 0 bridgehead atoms. The number of hydrogen-bond acceptors (Lipinski definition) is 7. The van der Waals surface area contributed by atoms with Crippen molar-refractivity contribution in [2.75, 3.05) is 6.61 Å². The smallest absolute Gasteiger partial charge is 0.240 e. The molecule has 3 atom stereocenters. The van der Waals surface area contributed by atoms with Crippen LogP contribution in [0.15, 0.2) is 35.4 Å². The van der Waals surface area contributed by atoms with E-state index in [1.165, 1.54) is 24.3 Å². The number of aromatic nitrogens is 3. The molecule has 11 heteroatoms. The van der Waals surface area contributed by atoms with Crippen molar-refractivity contribution in [3.8, 4) is 0 Å². The topological polar surface area (TPSA) is 127 Å². The molecule has 2 aromatic rings. The Hall–Kier alpha value is -1.56. The first-order valence-electron chi connectivity index (χ1n) is 11.0. The Bertz CT molecular complexity index is 1010. The van der Waals surface area contributed by atoms with Crippen LogP contribution in [0.3, 0.4) is 0 Å². The molecular weight excluding hydrogens is 456 g/mol. The van der Waals surface area contributed by atoms with Crippen LogP contribution < -0.4 is 4.72 Å². The van der Waals surface area contributed by atoms with Crippen LogP contribution in [0.25, 0.3) is 0 Å². The fourth-order valence-corrected chi connectivity index (χ4v) is 5.90. The Morgan fingerprint density at radius 1 is 1.22 bits per heavy atom. The highest BCUT2D eigenvalue weighted by Crippen LogP contribution is 2.37. The summed E-state index contributed by atoms with van der Waals surface area (Å²) in [5.41, 5.74) is -0.250. The zero-order valence-electron chi connectivity index (χ0n) is 17.7. The second-order valence-electron chi connectivity index (χ2n) is 8.63. The molecule has 1 aromatic carbocycles. The zero-order valence-corrected chi connectivity index (χ0v) is 19.3. The highest BCUT2D eigenvalue weighted by atomic mass is 35.5. The molecule has 2 heterocycles. The first kappa shape index (κ1) is 23.6. The molecule has 2 fully saturated rings. The van der Waals surface area contributed by atoms with E-state index in [0.717, 1.165) is 12.8 Å². The lowest BCUT2D eigenvalue weighted by atomic mass is 9.98. The lowest BCUT2D eigenvalue weighted by Gasteiger charge is -2.36. The van der Waals surface area contributed by atoms with E-state index in [1.54, 1.807) is 10.9 Å². The number of sulfonamides is 1. The van der Waals surface area contributed by atoms with Gasteiger partial charge >= 0.3 is 0 Å². The predicted octanol–water partition coefficient (Wildman–Crippen LogP) is 1.97. The fourth-order valence-electron chi connectivity index (χ4n) is 4.47. The van der Waals surface area contributed by atoms with Crippen LogP contribution in [0.5, 0.6) is 0 Å². The summed E-state index contributed by atoms with van der Waals surface area (Å²) in [7, 11) is -3.75. The third-order valence-electron chi connectivity index (χ3n) is 6.35. The molecule has 1 saturated heterocycles. The molecule has 1 aromatic heterocycles. The first-order chi connectivity index (χ1) is 15.3. The normalized spacial score (nSPS) is 25.8. The third-order valence-corrected chi connectivity index (χ3v) is 8.11. The van der Waals surface area contributed by atoms with Crippen LogP contribution in [0, 0.1) is 0 Å². The molecule has 1 aliphatic heterocycles. The molecular formula is C21H29ClN4O5S. The van der Waals surface area contributed by atoms with Gasteiger partial charge in [-0.05, 0) is 56.4 Å². The van der Waals surface area contributed by atoms with Gasteiger partial charge in [0.25, 0.3) is 0 Å². The van der Waals surface area contributed by atoms with Gasteiger partial charge in [0, 0.05) is 11.6 Å². The monoisotopic (exact) mass is 484 g/mol. The van der Waals surface area contributed by atoms with Gasteiger partial charge in [0.1, 0.15) is 11.3 Å². The Balaban J connectivity index is 1.32. The molecule has 1 aliphatic carbocycles. The number of halogens is 1. The van der Waals surface area contributed by atoms with Gasteiger partial charge in [-0.25, -0.2) is 13.1 Å². The van der Waals surface area contributed by atoms with Gasteiger partial charge in [0.05, 0.1) is 35.9 Å². The molecule has 0 radical (unpaired) electrons. The van der Waals surface area contributed by atoms with Crippen molar-refractivity contribution in [3.05, 3.63) is 41.2 Å². The van der Waals surface area contributed by atoms with E-state index in [-0.39, 0.29) is 17.6 Å². The number of benzene rings is 1. The molecule has 9 nitrogen and oxygen atoms in total. The average Bonchev–Trinajstić information content (AvgIpc) is 3.43. The molecule has 0 amide bonds. The van der Waals surface area contributed by atoms with Crippen LogP contribution in [0.2, 0.25) is 5.02 Å². The van der Waals surface area contributed by atoms with E-state index in [4.69, 9.17) is 16.3 Å². The van der Waals surface area contributed by atoms with E-state index >= 15 is 0 Å². The minimum absolute atomic E-state index is 0.117. The highest BCUT2D eigenvalue weighted by molar-refractivity contribution is 7.89.